The lowest BCUT2D eigenvalue weighted by Gasteiger charge is -2.18. The van der Waals surface area contributed by atoms with Crippen molar-refractivity contribution in [2.45, 2.75) is 19.1 Å². The SMILES string of the molecule is COc1ccc(OC)c(C(O)CNC(=O)NC(C)c2ccc(Cl)cc2)c1. The first-order valence-corrected chi connectivity index (χ1v) is 8.52. The van der Waals surface area contributed by atoms with E-state index in [0.29, 0.717) is 22.1 Å². The first-order chi connectivity index (χ1) is 12.4. The number of carbonyl (C=O) groups is 1. The van der Waals surface area contributed by atoms with E-state index in [9.17, 15) is 9.90 Å². The van der Waals surface area contributed by atoms with Crippen LogP contribution in [0.5, 0.6) is 11.5 Å². The minimum Gasteiger partial charge on any atom is -0.497 e. The maximum absolute atomic E-state index is 12.1. The lowest BCUT2D eigenvalue weighted by molar-refractivity contribution is 0.168. The number of nitrogens with one attached hydrogen (secondary N) is 2. The van der Waals surface area contributed by atoms with Crippen molar-refractivity contribution in [2.75, 3.05) is 20.8 Å². The summed E-state index contributed by atoms with van der Waals surface area (Å²) in [5.41, 5.74) is 1.47. The van der Waals surface area contributed by atoms with Crippen LogP contribution in [-0.2, 0) is 0 Å². The van der Waals surface area contributed by atoms with Crippen LogP contribution >= 0.6 is 11.6 Å². The fourth-order valence-electron chi connectivity index (χ4n) is 2.48. The van der Waals surface area contributed by atoms with Gasteiger partial charge in [-0.15, -0.1) is 0 Å². The molecule has 140 valence electrons. The summed E-state index contributed by atoms with van der Waals surface area (Å²) in [4.78, 5) is 12.1. The van der Waals surface area contributed by atoms with Crippen LogP contribution in [0.2, 0.25) is 5.02 Å². The molecule has 0 aliphatic heterocycles. The molecule has 0 saturated heterocycles. The molecule has 2 amide bonds. The molecular weight excluding hydrogens is 356 g/mol. The highest BCUT2D eigenvalue weighted by atomic mass is 35.5. The number of carbonyl (C=O) groups excluding carboxylic acids is 1. The molecule has 0 fully saturated rings. The summed E-state index contributed by atoms with van der Waals surface area (Å²) < 4.78 is 10.4. The van der Waals surface area contributed by atoms with Crippen molar-refractivity contribution in [2.24, 2.45) is 0 Å². The second-order valence-corrected chi connectivity index (χ2v) is 6.19. The third kappa shape index (κ3) is 5.28. The van der Waals surface area contributed by atoms with Gasteiger partial charge in [0.15, 0.2) is 0 Å². The zero-order valence-electron chi connectivity index (χ0n) is 15.0. The predicted molar refractivity (Wildman–Crippen MR) is 101 cm³/mol. The summed E-state index contributed by atoms with van der Waals surface area (Å²) in [5.74, 6) is 1.12. The van der Waals surface area contributed by atoms with Crippen LogP contribution in [-0.4, -0.2) is 31.9 Å². The monoisotopic (exact) mass is 378 g/mol. The molecule has 0 aliphatic carbocycles. The molecule has 6 nitrogen and oxygen atoms in total. The number of halogens is 1. The Morgan fingerprint density at radius 3 is 2.46 bits per heavy atom. The summed E-state index contributed by atoms with van der Waals surface area (Å²) in [5, 5.41) is 16.5. The molecular formula is C19H23ClN2O4. The van der Waals surface area contributed by atoms with Crippen LogP contribution < -0.4 is 20.1 Å². The van der Waals surface area contributed by atoms with Crippen LogP contribution in [0.4, 0.5) is 4.79 Å². The van der Waals surface area contributed by atoms with Crippen molar-refractivity contribution >= 4 is 17.6 Å². The molecule has 2 atom stereocenters. The molecule has 0 spiro atoms. The van der Waals surface area contributed by atoms with Gasteiger partial charge in [0.05, 0.1) is 20.3 Å². The van der Waals surface area contributed by atoms with Gasteiger partial charge in [-0.25, -0.2) is 4.79 Å². The maximum Gasteiger partial charge on any atom is 0.315 e. The van der Waals surface area contributed by atoms with Crippen molar-refractivity contribution < 1.29 is 19.4 Å². The van der Waals surface area contributed by atoms with Crippen molar-refractivity contribution in [3.63, 3.8) is 0 Å². The molecule has 0 heterocycles. The van der Waals surface area contributed by atoms with Gasteiger partial charge in [-0.1, -0.05) is 23.7 Å². The number of amides is 2. The van der Waals surface area contributed by atoms with Crippen LogP contribution in [0, 0.1) is 0 Å². The fourth-order valence-corrected chi connectivity index (χ4v) is 2.61. The third-order valence-electron chi connectivity index (χ3n) is 3.97. The average Bonchev–Trinajstić information content (AvgIpc) is 2.65. The summed E-state index contributed by atoms with van der Waals surface area (Å²) in [6.45, 7) is 1.90. The van der Waals surface area contributed by atoms with Crippen molar-refractivity contribution in [1.82, 2.24) is 10.6 Å². The predicted octanol–water partition coefficient (Wildman–Crippen LogP) is 3.45. The van der Waals surface area contributed by atoms with Gasteiger partial charge in [0.25, 0.3) is 0 Å². The van der Waals surface area contributed by atoms with E-state index >= 15 is 0 Å². The fraction of sp³-hybridized carbons (Fsp3) is 0.316. The second-order valence-electron chi connectivity index (χ2n) is 5.75. The minimum atomic E-state index is -0.934. The summed E-state index contributed by atoms with van der Waals surface area (Å²) in [6.07, 6.45) is -0.934. The summed E-state index contributed by atoms with van der Waals surface area (Å²) in [7, 11) is 3.06. The smallest absolute Gasteiger partial charge is 0.315 e. The van der Waals surface area contributed by atoms with Gasteiger partial charge in [-0.2, -0.15) is 0 Å². The van der Waals surface area contributed by atoms with Crippen molar-refractivity contribution in [1.29, 1.82) is 0 Å². The molecule has 0 aliphatic rings. The van der Waals surface area contributed by atoms with Gasteiger partial charge in [0.1, 0.15) is 17.6 Å². The summed E-state index contributed by atoms with van der Waals surface area (Å²) in [6, 6.07) is 11.8. The lowest BCUT2D eigenvalue weighted by atomic mass is 10.1. The number of rotatable bonds is 7. The molecule has 0 radical (unpaired) electrons. The summed E-state index contributed by atoms with van der Waals surface area (Å²) >= 11 is 5.86. The van der Waals surface area contributed by atoms with Gasteiger partial charge < -0.3 is 25.2 Å². The number of methoxy groups -OCH3 is 2. The van der Waals surface area contributed by atoms with Crippen molar-refractivity contribution in [3.05, 3.63) is 58.6 Å². The number of ether oxygens (including phenoxy) is 2. The topological polar surface area (TPSA) is 79.8 Å². The van der Waals surface area contributed by atoms with Crippen LogP contribution in [0.25, 0.3) is 0 Å². The van der Waals surface area contributed by atoms with Gasteiger partial charge in [0, 0.05) is 17.1 Å². The molecule has 0 bridgehead atoms. The van der Waals surface area contributed by atoms with Crippen LogP contribution in [0.3, 0.4) is 0 Å². The number of aliphatic hydroxyl groups is 1. The van der Waals surface area contributed by atoms with E-state index < -0.39 is 6.10 Å². The van der Waals surface area contributed by atoms with Gasteiger partial charge >= 0.3 is 6.03 Å². The Balaban J connectivity index is 1.93. The molecule has 0 saturated carbocycles. The normalized spacial score (nSPS) is 12.8. The number of hydrogen-bond donors (Lipinski definition) is 3. The van der Waals surface area contributed by atoms with E-state index in [-0.39, 0.29) is 18.6 Å². The second kappa shape index (κ2) is 9.31. The lowest BCUT2D eigenvalue weighted by Crippen LogP contribution is -2.39. The highest BCUT2D eigenvalue weighted by Gasteiger charge is 2.16. The average molecular weight is 379 g/mol. The first-order valence-electron chi connectivity index (χ1n) is 8.14. The number of hydrogen-bond acceptors (Lipinski definition) is 4. The Labute approximate surface area is 158 Å². The van der Waals surface area contributed by atoms with Crippen molar-refractivity contribution in [3.8, 4) is 11.5 Å². The van der Waals surface area contributed by atoms with E-state index in [1.165, 1.54) is 7.11 Å². The van der Waals surface area contributed by atoms with Crippen LogP contribution in [0.1, 0.15) is 30.2 Å². The van der Waals surface area contributed by atoms with Gasteiger partial charge in [-0.05, 0) is 42.8 Å². The molecule has 2 aromatic rings. The van der Waals surface area contributed by atoms with Gasteiger partial charge in [-0.3, -0.25) is 0 Å². The molecule has 2 rings (SSSR count). The number of urea groups is 1. The molecule has 26 heavy (non-hydrogen) atoms. The zero-order chi connectivity index (χ0) is 19.1. The molecule has 0 aromatic heterocycles. The Bertz CT molecular complexity index is 737. The molecule has 2 unspecified atom stereocenters. The molecule has 3 N–H and O–H groups in total. The van der Waals surface area contributed by atoms with E-state index in [4.69, 9.17) is 21.1 Å². The van der Waals surface area contributed by atoms with E-state index in [2.05, 4.69) is 10.6 Å². The van der Waals surface area contributed by atoms with E-state index in [0.717, 1.165) is 5.56 Å². The number of benzene rings is 2. The van der Waals surface area contributed by atoms with Crippen LogP contribution in [0.15, 0.2) is 42.5 Å². The largest absolute Gasteiger partial charge is 0.497 e. The first kappa shape index (κ1) is 19.9. The molecule has 2 aromatic carbocycles. The maximum atomic E-state index is 12.1. The Morgan fingerprint density at radius 2 is 1.85 bits per heavy atom. The third-order valence-corrected chi connectivity index (χ3v) is 4.22. The van der Waals surface area contributed by atoms with Gasteiger partial charge in [0.2, 0.25) is 0 Å². The molecule has 7 heteroatoms. The number of aliphatic hydroxyl groups excluding tert-OH is 1. The van der Waals surface area contributed by atoms with E-state index in [1.807, 2.05) is 19.1 Å². The standard InChI is InChI=1S/C19H23ClN2O4/c1-12(13-4-6-14(20)7-5-13)22-19(24)21-11-17(23)16-10-15(25-2)8-9-18(16)26-3/h4-10,12,17,23H,11H2,1-3H3,(H2,21,22,24). The Kier molecular flexibility index (Phi) is 7.12. The zero-order valence-corrected chi connectivity index (χ0v) is 15.7. The highest BCUT2D eigenvalue weighted by Crippen LogP contribution is 2.29. The van der Waals surface area contributed by atoms with E-state index in [1.54, 1.807) is 37.4 Å². The highest BCUT2D eigenvalue weighted by molar-refractivity contribution is 6.30. The minimum absolute atomic E-state index is 0.0305. The Morgan fingerprint density at radius 1 is 1.15 bits per heavy atom. The quantitative estimate of drug-likeness (QED) is 0.689. The Hall–Kier alpha value is -2.44.